The van der Waals surface area contributed by atoms with Crippen molar-refractivity contribution in [2.75, 3.05) is 10.0 Å². The van der Waals surface area contributed by atoms with Gasteiger partial charge in [0.25, 0.3) is 15.9 Å². The number of sulfonamides is 1. The van der Waals surface area contributed by atoms with Gasteiger partial charge in [0.15, 0.2) is 0 Å². The zero-order chi connectivity index (χ0) is 20.3. The Morgan fingerprint density at radius 1 is 0.821 bits per heavy atom. The van der Waals surface area contributed by atoms with E-state index in [2.05, 4.69) is 10.0 Å². The number of amides is 1. The molecule has 0 aliphatic carbocycles. The van der Waals surface area contributed by atoms with Gasteiger partial charge < -0.3 is 5.32 Å². The first-order chi connectivity index (χ1) is 13.2. The standard InChI is InChI=1S/C22H22N2O3S/c1-15-11-16(2)13-19(12-15)24-28(26,27)20-9-10-21(17(3)14-20)23-22(25)18-7-5-4-6-8-18/h4-14,24H,1-3H3,(H,23,25). The molecule has 0 atom stereocenters. The van der Waals surface area contributed by atoms with Crippen molar-refractivity contribution in [1.82, 2.24) is 0 Å². The normalized spacial score (nSPS) is 11.1. The second-order valence-corrected chi connectivity index (χ2v) is 8.46. The lowest BCUT2D eigenvalue weighted by Crippen LogP contribution is -2.15. The quantitative estimate of drug-likeness (QED) is 0.661. The summed E-state index contributed by atoms with van der Waals surface area (Å²) in [6.07, 6.45) is 0. The Labute approximate surface area is 165 Å². The van der Waals surface area contributed by atoms with E-state index in [4.69, 9.17) is 0 Å². The van der Waals surface area contributed by atoms with Crippen LogP contribution in [0.25, 0.3) is 0 Å². The van der Waals surface area contributed by atoms with Crippen LogP contribution in [0.15, 0.2) is 71.6 Å². The first-order valence-corrected chi connectivity index (χ1v) is 10.3. The minimum atomic E-state index is -3.73. The highest BCUT2D eigenvalue weighted by Gasteiger charge is 2.16. The highest BCUT2D eigenvalue weighted by molar-refractivity contribution is 7.92. The van der Waals surface area contributed by atoms with Crippen molar-refractivity contribution in [3.05, 3.63) is 89.0 Å². The summed E-state index contributed by atoms with van der Waals surface area (Å²) < 4.78 is 28.1. The van der Waals surface area contributed by atoms with Crippen molar-refractivity contribution in [3.8, 4) is 0 Å². The van der Waals surface area contributed by atoms with Gasteiger partial charge in [0.2, 0.25) is 0 Å². The van der Waals surface area contributed by atoms with Crippen molar-refractivity contribution < 1.29 is 13.2 Å². The fourth-order valence-corrected chi connectivity index (χ4v) is 4.10. The molecule has 0 radical (unpaired) electrons. The van der Waals surface area contributed by atoms with Crippen molar-refractivity contribution in [2.45, 2.75) is 25.7 Å². The van der Waals surface area contributed by atoms with Crippen molar-refractivity contribution in [3.63, 3.8) is 0 Å². The average Bonchev–Trinajstić information content (AvgIpc) is 2.62. The lowest BCUT2D eigenvalue weighted by Gasteiger charge is -2.13. The molecule has 3 rings (SSSR count). The molecule has 144 valence electrons. The maximum atomic E-state index is 12.7. The van der Waals surface area contributed by atoms with E-state index in [0.717, 1.165) is 11.1 Å². The van der Waals surface area contributed by atoms with E-state index in [0.29, 0.717) is 22.5 Å². The summed E-state index contributed by atoms with van der Waals surface area (Å²) in [5.41, 5.74) is 4.25. The van der Waals surface area contributed by atoms with Crippen LogP contribution in [0.1, 0.15) is 27.0 Å². The molecular weight excluding hydrogens is 372 g/mol. The van der Waals surface area contributed by atoms with E-state index in [1.165, 1.54) is 6.07 Å². The minimum absolute atomic E-state index is 0.141. The van der Waals surface area contributed by atoms with Gasteiger partial charge in [-0.2, -0.15) is 0 Å². The summed E-state index contributed by atoms with van der Waals surface area (Å²) in [7, 11) is -3.73. The van der Waals surface area contributed by atoms with Crippen molar-refractivity contribution >= 4 is 27.3 Å². The maximum Gasteiger partial charge on any atom is 0.261 e. The number of hydrogen-bond acceptors (Lipinski definition) is 3. The number of carbonyl (C=O) groups is 1. The highest BCUT2D eigenvalue weighted by Crippen LogP contribution is 2.23. The van der Waals surface area contributed by atoms with Crippen LogP contribution >= 0.6 is 0 Å². The zero-order valence-electron chi connectivity index (χ0n) is 16.0. The number of aryl methyl sites for hydroxylation is 3. The molecule has 0 unspecified atom stereocenters. The third-order valence-corrected chi connectivity index (χ3v) is 5.65. The molecule has 0 bridgehead atoms. The van der Waals surface area contributed by atoms with Crippen LogP contribution in [0.5, 0.6) is 0 Å². The van der Waals surface area contributed by atoms with Crippen LogP contribution in [0.4, 0.5) is 11.4 Å². The van der Waals surface area contributed by atoms with Gasteiger partial charge in [-0.3, -0.25) is 9.52 Å². The Morgan fingerprint density at radius 3 is 2.07 bits per heavy atom. The van der Waals surface area contributed by atoms with E-state index in [1.807, 2.05) is 26.0 Å². The van der Waals surface area contributed by atoms with Crippen LogP contribution in [0.2, 0.25) is 0 Å². The van der Waals surface area contributed by atoms with E-state index in [9.17, 15) is 13.2 Å². The lowest BCUT2D eigenvalue weighted by molar-refractivity contribution is 0.102. The average molecular weight is 394 g/mol. The van der Waals surface area contributed by atoms with Gasteiger partial charge in [-0.15, -0.1) is 0 Å². The van der Waals surface area contributed by atoms with Crippen LogP contribution in [-0.4, -0.2) is 14.3 Å². The molecule has 0 aliphatic rings. The van der Waals surface area contributed by atoms with Gasteiger partial charge in [0.1, 0.15) is 0 Å². The molecule has 3 aromatic carbocycles. The Hall–Kier alpha value is -3.12. The molecule has 28 heavy (non-hydrogen) atoms. The number of rotatable bonds is 5. The summed E-state index contributed by atoms with van der Waals surface area (Å²) in [6.45, 7) is 5.59. The second kappa shape index (κ2) is 7.86. The molecule has 3 aromatic rings. The van der Waals surface area contributed by atoms with Gasteiger partial charge in [-0.05, 0) is 79.9 Å². The summed E-state index contributed by atoms with van der Waals surface area (Å²) in [6, 6.07) is 19.0. The SMILES string of the molecule is Cc1cc(C)cc(NS(=O)(=O)c2ccc(NC(=O)c3ccccc3)c(C)c2)c1. The largest absolute Gasteiger partial charge is 0.322 e. The predicted octanol–water partition coefficient (Wildman–Crippen LogP) is 4.66. The summed E-state index contributed by atoms with van der Waals surface area (Å²) in [4.78, 5) is 12.5. The second-order valence-electron chi connectivity index (χ2n) is 6.78. The van der Waals surface area contributed by atoms with E-state index >= 15 is 0 Å². The Morgan fingerprint density at radius 2 is 1.46 bits per heavy atom. The molecule has 1 amide bonds. The van der Waals surface area contributed by atoms with Crippen LogP contribution < -0.4 is 10.0 Å². The number of hydrogen-bond donors (Lipinski definition) is 2. The van der Waals surface area contributed by atoms with E-state index < -0.39 is 10.0 Å². The lowest BCUT2D eigenvalue weighted by atomic mass is 10.1. The Bertz CT molecular complexity index is 1100. The van der Waals surface area contributed by atoms with Gasteiger partial charge in [0.05, 0.1) is 4.90 Å². The third kappa shape index (κ3) is 4.58. The molecule has 0 aromatic heterocycles. The monoisotopic (exact) mass is 394 g/mol. The van der Waals surface area contributed by atoms with Gasteiger partial charge in [0, 0.05) is 16.9 Å². The topological polar surface area (TPSA) is 75.3 Å². The van der Waals surface area contributed by atoms with Crippen molar-refractivity contribution in [1.29, 1.82) is 0 Å². The molecule has 0 saturated carbocycles. The van der Waals surface area contributed by atoms with Crippen molar-refractivity contribution in [2.24, 2.45) is 0 Å². The number of benzene rings is 3. The first kappa shape index (κ1) is 19.6. The maximum absolute atomic E-state index is 12.7. The Balaban J connectivity index is 1.81. The fourth-order valence-electron chi connectivity index (χ4n) is 2.98. The number of carbonyl (C=O) groups excluding carboxylic acids is 1. The van der Waals surface area contributed by atoms with Crippen LogP contribution in [-0.2, 0) is 10.0 Å². The van der Waals surface area contributed by atoms with E-state index in [1.54, 1.807) is 55.5 Å². The highest BCUT2D eigenvalue weighted by atomic mass is 32.2. The Kier molecular flexibility index (Phi) is 5.51. The summed E-state index contributed by atoms with van der Waals surface area (Å²) >= 11 is 0. The van der Waals surface area contributed by atoms with E-state index in [-0.39, 0.29) is 10.8 Å². The fraction of sp³-hybridized carbons (Fsp3) is 0.136. The molecule has 2 N–H and O–H groups in total. The van der Waals surface area contributed by atoms with Gasteiger partial charge >= 0.3 is 0 Å². The molecular formula is C22H22N2O3S. The number of anilines is 2. The zero-order valence-corrected chi connectivity index (χ0v) is 16.8. The minimum Gasteiger partial charge on any atom is -0.322 e. The molecule has 0 fully saturated rings. The molecule has 0 spiro atoms. The molecule has 6 heteroatoms. The molecule has 0 heterocycles. The third-order valence-electron chi connectivity index (χ3n) is 4.27. The van der Waals surface area contributed by atoms with Crippen LogP contribution in [0, 0.1) is 20.8 Å². The van der Waals surface area contributed by atoms with Gasteiger partial charge in [-0.1, -0.05) is 24.3 Å². The molecule has 5 nitrogen and oxygen atoms in total. The predicted molar refractivity (Wildman–Crippen MR) is 112 cm³/mol. The first-order valence-electron chi connectivity index (χ1n) is 8.83. The van der Waals surface area contributed by atoms with Crippen LogP contribution in [0.3, 0.4) is 0 Å². The number of nitrogens with one attached hydrogen (secondary N) is 2. The molecule has 0 aliphatic heterocycles. The summed E-state index contributed by atoms with van der Waals surface area (Å²) in [5, 5.41) is 2.82. The molecule has 0 saturated heterocycles. The summed E-state index contributed by atoms with van der Waals surface area (Å²) in [5.74, 6) is -0.243. The van der Waals surface area contributed by atoms with Gasteiger partial charge in [-0.25, -0.2) is 8.42 Å². The smallest absolute Gasteiger partial charge is 0.261 e.